The number of carbonyl (C=O) groups excluding carboxylic acids is 4. The van der Waals surface area contributed by atoms with Crippen LogP contribution in [0.3, 0.4) is 0 Å². The molecule has 0 bridgehead atoms. The second-order valence-electron chi connectivity index (χ2n) is 6.36. The van der Waals surface area contributed by atoms with Crippen molar-refractivity contribution in [3.8, 4) is 0 Å². The van der Waals surface area contributed by atoms with Crippen molar-refractivity contribution in [2.24, 2.45) is 0 Å². The summed E-state index contributed by atoms with van der Waals surface area (Å²) in [5, 5.41) is 7.34. The highest BCUT2D eigenvalue weighted by molar-refractivity contribution is 5.96. The van der Waals surface area contributed by atoms with Crippen LogP contribution in [0.5, 0.6) is 0 Å². The summed E-state index contributed by atoms with van der Waals surface area (Å²) in [5.41, 5.74) is 1.20. The minimum Gasteiger partial charge on any atom is -0.464 e. The molecule has 31 heavy (non-hydrogen) atoms. The van der Waals surface area contributed by atoms with Crippen molar-refractivity contribution < 1.29 is 28.7 Å². The zero-order valence-electron chi connectivity index (χ0n) is 17.1. The smallest absolute Gasteiger partial charge is 0.408 e. The molecule has 0 fully saturated rings. The summed E-state index contributed by atoms with van der Waals surface area (Å²) in [5.74, 6) is -1.65. The Morgan fingerprint density at radius 1 is 0.871 bits per heavy atom. The average Bonchev–Trinajstić information content (AvgIpc) is 2.80. The van der Waals surface area contributed by atoms with Crippen LogP contribution in [0.2, 0.25) is 0 Å². The average molecular weight is 427 g/mol. The standard InChI is InChI=1S/C22H25N3O6/c1-2-30-21(28)18(25-22(29)31-15-16-9-5-3-6-10-16)13-23-19(26)14-24-20(27)17-11-7-4-8-12-17/h3-12,18H,2,13-15H2,1H3,(H,23,26)(H,24,27)(H,25,29)/t18-/m0/s1. The summed E-state index contributed by atoms with van der Waals surface area (Å²) in [6.45, 7) is 1.25. The molecule has 1 atom stereocenters. The first-order chi connectivity index (χ1) is 15.0. The van der Waals surface area contributed by atoms with Crippen LogP contribution in [0.1, 0.15) is 22.8 Å². The quantitative estimate of drug-likeness (QED) is 0.493. The Morgan fingerprint density at radius 3 is 2.16 bits per heavy atom. The molecule has 2 rings (SSSR count). The monoisotopic (exact) mass is 427 g/mol. The number of hydrogen-bond donors (Lipinski definition) is 3. The van der Waals surface area contributed by atoms with Crippen LogP contribution in [0, 0.1) is 0 Å². The highest BCUT2D eigenvalue weighted by Gasteiger charge is 2.23. The molecule has 3 amide bonds. The summed E-state index contributed by atoms with van der Waals surface area (Å²) >= 11 is 0. The third-order valence-corrected chi connectivity index (χ3v) is 4.02. The Hall–Kier alpha value is -3.88. The van der Waals surface area contributed by atoms with Gasteiger partial charge in [-0.3, -0.25) is 9.59 Å². The van der Waals surface area contributed by atoms with Crippen molar-refractivity contribution in [1.29, 1.82) is 0 Å². The number of benzene rings is 2. The molecule has 0 aliphatic carbocycles. The van der Waals surface area contributed by atoms with Crippen molar-refractivity contribution in [1.82, 2.24) is 16.0 Å². The van der Waals surface area contributed by atoms with Gasteiger partial charge >= 0.3 is 12.1 Å². The van der Waals surface area contributed by atoms with E-state index >= 15 is 0 Å². The Balaban J connectivity index is 1.81. The summed E-state index contributed by atoms with van der Waals surface area (Å²) < 4.78 is 10.0. The minimum atomic E-state index is -1.14. The second kappa shape index (κ2) is 12.6. The van der Waals surface area contributed by atoms with Gasteiger partial charge in [0.2, 0.25) is 5.91 Å². The van der Waals surface area contributed by atoms with Gasteiger partial charge in [-0.2, -0.15) is 0 Å². The predicted octanol–water partition coefficient (Wildman–Crippen LogP) is 1.39. The first-order valence-corrected chi connectivity index (χ1v) is 9.73. The Labute approximate surface area is 180 Å². The molecule has 164 valence electrons. The molecule has 0 aliphatic heterocycles. The molecule has 3 N–H and O–H groups in total. The molecule has 0 saturated carbocycles. The van der Waals surface area contributed by atoms with E-state index in [2.05, 4.69) is 16.0 Å². The number of nitrogens with one attached hydrogen (secondary N) is 3. The minimum absolute atomic E-state index is 0.0279. The fourth-order valence-corrected chi connectivity index (χ4v) is 2.47. The van der Waals surface area contributed by atoms with Crippen LogP contribution in [-0.2, 0) is 25.7 Å². The molecule has 0 heterocycles. The van der Waals surface area contributed by atoms with Gasteiger partial charge in [0.1, 0.15) is 12.6 Å². The van der Waals surface area contributed by atoms with Crippen LogP contribution in [0.4, 0.5) is 4.79 Å². The zero-order valence-corrected chi connectivity index (χ0v) is 17.1. The van der Waals surface area contributed by atoms with E-state index in [1.54, 1.807) is 49.4 Å². The van der Waals surface area contributed by atoms with E-state index in [4.69, 9.17) is 9.47 Å². The summed E-state index contributed by atoms with van der Waals surface area (Å²) in [4.78, 5) is 48.2. The summed E-state index contributed by atoms with van der Waals surface area (Å²) in [7, 11) is 0. The maximum absolute atomic E-state index is 12.1. The SMILES string of the molecule is CCOC(=O)[C@H](CNC(=O)CNC(=O)c1ccccc1)NC(=O)OCc1ccccc1. The van der Waals surface area contributed by atoms with E-state index in [0.29, 0.717) is 5.56 Å². The Bertz CT molecular complexity index is 873. The van der Waals surface area contributed by atoms with Gasteiger partial charge in [-0.1, -0.05) is 48.5 Å². The van der Waals surface area contributed by atoms with Gasteiger partial charge in [-0.15, -0.1) is 0 Å². The number of carbonyl (C=O) groups is 4. The van der Waals surface area contributed by atoms with E-state index in [-0.39, 0.29) is 26.3 Å². The largest absolute Gasteiger partial charge is 0.464 e. The second-order valence-corrected chi connectivity index (χ2v) is 6.36. The first-order valence-electron chi connectivity index (χ1n) is 9.73. The third kappa shape index (κ3) is 8.57. The Kier molecular flexibility index (Phi) is 9.54. The number of amides is 3. The summed E-state index contributed by atoms with van der Waals surface area (Å²) in [6.07, 6.45) is -0.825. The molecule has 0 spiro atoms. The van der Waals surface area contributed by atoms with E-state index in [1.807, 2.05) is 18.2 Å². The fourth-order valence-electron chi connectivity index (χ4n) is 2.47. The molecule has 2 aromatic carbocycles. The van der Waals surface area contributed by atoms with E-state index in [1.165, 1.54) is 0 Å². The molecule has 2 aromatic rings. The molecule has 9 heteroatoms. The maximum atomic E-state index is 12.1. The van der Waals surface area contributed by atoms with E-state index < -0.39 is 29.9 Å². The number of alkyl carbamates (subject to hydrolysis) is 1. The first kappa shape index (κ1) is 23.4. The lowest BCUT2D eigenvalue weighted by Gasteiger charge is -2.18. The van der Waals surface area contributed by atoms with Crippen LogP contribution in [0.25, 0.3) is 0 Å². The molecule has 0 saturated heterocycles. The molecular weight excluding hydrogens is 402 g/mol. The number of esters is 1. The molecule has 0 unspecified atom stereocenters. The van der Waals surface area contributed by atoms with Gasteiger partial charge in [-0.25, -0.2) is 9.59 Å². The highest BCUT2D eigenvalue weighted by Crippen LogP contribution is 2.01. The van der Waals surface area contributed by atoms with Gasteiger partial charge in [0.25, 0.3) is 5.91 Å². The van der Waals surface area contributed by atoms with Gasteiger partial charge < -0.3 is 25.4 Å². The highest BCUT2D eigenvalue weighted by atomic mass is 16.6. The van der Waals surface area contributed by atoms with Gasteiger partial charge in [0, 0.05) is 12.1 Å². The maximum Gasteiger partial charge on any atom is 0.408 e. The van der Waals surface area contributed by atoms with Crippen LogP contribution in [-0.4, -0.2) is 49.6 Å². The number of rotatable bonds is 10. The zero-order chi connectivity index (χ0) is 22.5. The molecule has 0 aromatic heterocycles. The summed E-state index contributed by atoms with van der Waals surface area (Å²) in [6, 6.07) is 16.3. The van der Waals surface area contributed by atoms with Crippen LogP contribution < -0.4 is 16.0 Å². The molecular formula is C22H25N3O6. The van der Waals surface area contributed by atoms with Gasteiger partial charge in [0.05, 0.1) is 13.2 Å². The molecule has 0 aliphatic rings. The normalized spacial score (nSPS) is 11.0. The van der Waals surface area contributed by atoms with Crippen molar-refractivity contribution in [3.05, 3.63) is 71.8 Å². The van der Waals surface area contributed by atoms with Crippen molar-refractivity contribution in [2.75, 3.05) is 19.7 Å². The van der Waals surface area contributed by atoms with Crippen LogP contribution in [0.15, 0.2) is 60.7 Å². The van der Waals surface area contributed by atoms with E-state index in [9.17, 15) is 19.2 Å². The fraction of sp³-hybridized carbons (Fsp3) is 0.273. The lowest BCUT2D eigenvalue weighted by atomic mass is 10.2. The van der Waals surface area contributed by atoms with Crippen LogP contribution >= 0.6 is 0 Å². The lowest BCUT2D eigenvalue weighted by molar-refractivity contribution is -0.145. The Morgan fingerprint density at radius 2 is 1.52 bits per heavy atom. The van der Waals surface area contributed by atoms with E-state index in [0.717, 1.165) is 5.56 Å². The molecule has 9 nitrogen and oxygen atoms in total. The van der Waals surface area contributed by atoms with Gasteiger partial charge in [0.15, 0.2) is 0 Å². The van der Waals surface area contributed by atoms with Gasteiger partial charge in [-0.05, 0) is 24.6 Å². The third-order valence-electron chi connectivity index (χ3n) is 4.02. The lowest BCUT2D eigenvalue weighted by Crippen LogP contribution is -2.50. The molecule has 0 radical (unpaired) electrons. The van der Waals surface area contributed by atoms with Crippen molar-refractivity contribution >= 4 is 23.9 Å². The van der Waals surface area contributed by atoms with Crippen molar-refractivity contribution in [3.63, 3.8) is 0 Å². The predicted molar refractivity (Wildman–Crippen MR) is 112 cm³/mol. The topological polar surface area (TPSA) is 123 Å². The number of hydrogen-bond acceptors (Lipinski definition) is 6. The number of ether oxygens (including phenoxy) is 2. The van der Waals surface area contributed by atoms with Crippen molar-refractivity contribution in [2.45, 2.75) is 19.6 Å².